The Morgan fingerprint density at radius 2 is 1.53 bits per heavy atom. The molecule has 5 N–H and O–H groups in total. The number of hydrogen-bond donors (Lipinski definition) is 3. The zero-order valence-corrected chi connectivity index (χ0v) is 11.2. The van der Waals surface area contributed by atoms with Crippen LogP contribution in [0.2, 0.25) is 0 Å². The average molecular weight is 243 g/mol. The molecule has 100 valence electrons. The Morgan fingerprint density at radius 3 is 1.88 bits per heavy atom. The number of primary amides is 1. The fourth-order valence-electron chi connectivity index (χ4n) is 1.61. The van der Waals surface area contributed by atoms with E-state index in [9.17, 15) is 9.59 Å². The number of nitrogens with one attached hydrogen (secondary N) is 1. The van der Waals surface area contributed by atoms with Gasteiger partial charge < -0.3 is 16.8 Å². The van der Waals surface area contributed by atoms with Gasteiger partial charge in [-0.05, 0) is 24.7 Å². The van der Waals surface area contributed by atoms with Gasteiger partial charge in [-0.25, -0.2) is 0 Å². The largest absolute Gasteiger partial charge is 0.368 e. The number of amides is 2. The second-order valence-electron chi connectivity index (χ2n) is 5.33. The van der Waals surface area contributed by atoms with Crippen LogP contribution in [0.5, 0.6) is 0 Å². The van der Waals surface area contributed by atoms with E-state index >= 15 is 0 Å². The highest BCUT2D eigenvalue weighted by molar-refractivity contribution is 5.88. The predicted molar refractivity (Wildman–Crippen MR) is 68.0 cm³/mol. The molecular weight excluding hydrogens is 218 g/mol. The van der Waals surface area contributed by atoms with E-state index in [-0.39, 0.29) is 11.8 Å². The monoisotopic (exact) mass is 243 g/mol. The normalized spacial score (nSPS) is 14.8. The van der Waals surface area contributed by atoms with Gasteiger partial charge in [-0.15, -0.1) is 0 Å². The van der Waals surface area contributed by atoms with Gasteiger partial charge in [0.2, 0.25) is 11.8 Å². The lowest BCUT2D eigenvalue weighted by Crippen LogP contribution is -2.51. The molecule has 0 radical (unpaired) electrons. The van der Waals surface area contributed by atoms with E-state index in [2.05, 4.69) is 5.32 Å². The van der Waals surface area contributed by atoms with Crippen LogP contribution in [0.15, 0.2) is 0 Å². The standard InChI is InChI=1S/C12H25N3O2/c1-7(2)5-9(13)12(17)15-10(11(14)16)6-8(3)4/h7-10H,5-6,13H2,1-4H3,(H2,14,16)(H,15,17)/t9-,10+/m0/s1. The Bertz CT molecular complexity index is 264. The minimum absolute atomic E-state index is 0.286. The van der Waals surface area contributed by atoms with Crippen molar-refractivity contribution in [2.24, 2.45) is 23.3 Å². The molecule has 17 heavy (non-hydrogen) atoms. The maximum absolute atomic E-state index is 11.7. The molecule has 0 unspecified atom stereocenters. The smallest absolute Gasteiger partial charge is 0.240 e. The maximum Gasteiger partial charge on any atom is 0.240 e. The van der Waals surface area contributed by atoms with Crippen LogP contribution in [-0.2, 0) is 9.59 Å². The van der Waals surface area contributed by atoms with Gasteiger partial charge in [-0.1, -0.05) is 27.7 Å². The molecule has 5 heteroatoms. The zero-order chi connectivity index (χ0) is 13.6. The van der Waals surface area contributed by atoms with Crippen molar-refractivity contribution < 1.29 is 9.59 Å². The molecule has 0 aromatic rings. The molecule has 2 atom stereocenters. The molecular formula is C12H25N3O2. The van der Waals surface area contributed by atoms with E-state index in [4.69, 9.17) is 11.5 Å². The van der Waals surface area contributed by atoms with Crippen LogP contribution in [0.3, 0.4) is 0 Å². The third-order valence-corrected chi connectivity index (χ3v) is 2.43. The molecule has 0 rings (SSSR count). The number of carbonyl (C=O) groups excluding carboxylic acids is 2. The van der Waals surface area contributed by atoms with E-state index in [0.29, 0.717) is 18.8 Å². The van der Waals surface area contributed by atoms with E-state index in [1.807, 2.05) is 27.7 Å². The van der Waals surface area contributed by atoms with Crippen molar-refractivity contribution in [3.8, 4) is 0 Å². The summed E-state index contributed by atoms with van der Waals surface area (Å²) >= 11 is 0. The molecule has 0 aliphatic carbocycles. The van der Waals surface area contributed by atoms with Crippen LogP contribution < -0.4 is 16.8 Å². The maximum atomic E-state index is 11.7. The molecule has 0 heterocycles. The van der Waals surface area contributed by atoms with E-state index in [1.165, 1.54) is 0 Å². The quantitative estimate of drug-likeness (QED) is 0.602. The van der Waals surface area contributed by atoms with Gasteiger partial charge in [0.15, 0.2) is 0 Å². The topological polar surface area (TPSA) is 98.2 Å². The van der Waals surface area contributed by atoms with Crippen molar-refractivity contribution in [1.82, 2.24) is 5.32 Å². The summed E-state index contributed by atoms with van der Waals surface area (Å²) in [6, 6.07) is -1.20. The highest BCUT2D eigenvalue weighted by Crippen LogP contribution is 2.06. The van der Waals surface area contributed by atoms with Crippen molar-refractivity contribution >= 4 is 11.8 Å². The summed E-state index contributed by atoms with van der Waals surface area (Å²) in [6.07, 6.45) is 1.13. The molecule has 0 bridgehead atoms. The van der Waals surface area contributed by atoms with E-state index in [1.54, 1.807) is 0 Å². The molecule has 0 aliphatic heterocycles. The molecule has 0 saturated carbocycles. The third-order valence-electron chi connectivity index (χ3n) is 2.43. The number of rotatable bonds is 7. The summed E-state index contributed by atoms with van der Waals surface area (Å²) in [5.41, 5.74) is 11.0. The van der Waals surface area contributed by atoms with Crippen LogP contribution in [0.25, 0.3) is 0 Å². The molecule has 0 aromatic heterocycles. The fraction of sp³-hybridized carbons (Fsp3) is 0.833. The van der Waals surface area contributed by atoms with Crippen LogP contribution >= 0.6 is 0 Å². The Morgan fingerprint density at radius 1 is 1.06 bits per heavy atom. The Hall–Kier alpha value is -1.10. The molecule has 0 fully saturated rings. The first-order chi connectivity index (χ1) is 7.73. The van der Waals surface area contributed by atoms with Crippen LogP contribution in [0.4, 0.5) is 0 Å². The van der Waals surface area contributed by atoms with Crippen LogP contribution in [-0.4, -0.2) is 23.9 Å². The molecule has 0 spiro atoms. The first kappa shape index (κ1) is 15.9. The molecule has 0 saturated heterocycles. The minimum Gasteiger partial charge on any atom is -0.368 e. The van der Waals surface area contributed by atoms with Gasteiger partial charge in [0, 0.05) is 0 Å². The highest BCUT2D eigenvalue weighted by atomic mass is 16.2. The molecule has 0 aliphatic rings. The lowest BCUT2D eigenvalue weighted by molar-refractivity contribution is -0.128. The second kappa shape index (κ2) is 7.27. The predicted octanol–water partition coefficient (Wildman–Crippen LogP) is 0.376. The third kappa shape index (κ3) is 6.94. The van der Waals surface area contributed by atoms with E-state index in [0.717, 1.165) is 0 Å². The highest BCUT2D eigenvalue weighted by Gasteiger charge is 2.22. The van der Waals surface area contributed by atoms with Crippen molar-refractivity contribution in [2.75, 3.05) is 0 Å². The number of nitrogens with two attached hydrogens (primary N) is 2. The van der Waals surface area contributed by atoms with Crippen LogP contribution in [0.1, 0.15) is 40.5 Å². The van der Waals surface area contributed by atoms with Crippen molar-refractivity contribution in [2.45, 2.75) is 52.6 Å². The summed E-state index contributed by atoms with van der Waals surface area (Å²) in [5, 5.41) is 2.61. The summed E-state index contributed by atoms with van der Waals surface area (Å²) in [7, 11) is 0. The fourth-order valence-corrected chi connectivity index (χ4v) is 1.61. The minimum atomic E-state index is -0.624. The van der Waals surface area contributed by atoms with Gasteiger partial charge in [0.1, 0.15) is 6.04 Å². The lowest BCUT2D eigenvalue weighted by atomic mass is 10.0. The Labute approximate surface area is 103 Å². The van der Waals surface area contributed by atoms with E-state index < -0.39 is 18.0 Å². The lowest BCUT2D eigenvalue weighted by Gasteiger charge is -2.20. The SMILES string of the molecule is CC(C)C[C@H](N)C(=O)N[C@H](CC(C)C)C(N)=O. The second-order valence-corrected chi connectivity index (χ2v) is 5.33. The Kier molecular flexibility index (Phi) is 6.80. The molecule has 2 amide bonds. The molecule has 5 nitrogen and oxygen atoms in total. The number of hydrogen-bond acceptors (Lipinski definition) is 3. The van der Waals surface area contributed by atoms with Gasteiger partial charge in [-0.3, -0.25) is 9.59 Å². The van der Waals surface area contributed by atoms with Gasteiger partial charge in [0.05, 0.1) is 6.04 Å². The van der Waals surface area contributed by atoms with Crippen molar-refractivity contribution in [1.29, 1.82) is 0 Å². The van der Waals surface area contributed by atoms with Crippen molar-refractivity contribution in [3.05, 3.63) is 0 Å². The van der Waals surface area contributed by atoms with Gasteiger partial charge >= 0.3 is 0 Å². The summed E-state index contributed by atoms with van der Waals surface area (Å²) in [5.74, 6) is -0.186. The van der Waals surface area contributed by atoms with Gasteiger partial charge in [0.25, 0.3) is 0 Å². The average Bonchev–Trinajstić information content (AvgIpc) is 2.14. The number of carbonyl (C=O) groups is 2. The van der Waals surface area contributed by atoms with Gasteiger partial charge in [-0.2, -0.15) is 0 Å². The summed E-state index contributed by atoms with van der Waals surface area (Å²) in [4.78, 5) is 22.9. The first-order valence-corrected chi connectivity index (χ1v) is 6.09. The summed E-state index contributed by atoms with van der Waals surface area (Å²) in [6.45, 7) is 7.92. The summed E-state index contributed by atoms with van der Waals surface area (Å²) < 4.78 is 0. The Balaban J connectivity index is 4.35. The first-order valence-electron chi connectivity index (χ1n) is 6.09. The van der Waals surface area contributed by atoms with Crippen LogP contribution in [0, 0.1) is 11.8 Å². The van der Waals surface area contributed by atoms with Crippen molar-refractivity contribution in [3.63, 3.8) is 0 Å². The zero-order valence-electron chi connectivity index (χ0n) is 11.2. The molecule has 0 aromatic carbocycles.